The fourth-order valence-electron chi connectivity index (χ4n) is 4.24. The zero-order chi connectivity index (χ0) is 22.2. The van der Waals surface area contributed by atoms with Gasteiger partial charge >= 0.3 is 0 Å². The summed E-state index contributed by atoms with van der Waals surface area (Å²) in [6.07, 6.45) is 3.84. The number of hydrogen-bond acceptors (Lipinski definition) is 5. The highest BCUT2D eigenvalue weighted by molar-refractivity contribution is 7.89. The lowest BCUT2D eigenvalue weighted by atomic mass is 9.89. The van der Waals surface area contributed by atoms with Crippen LogP contribution in [0.1, 0.15) is 38.1 Å². The van der Waals surface area contributed by atoms with Crippen LogP contribution in [0.15, 0.2) is 41.6 Å². The van der Waals surface area contributed by atoms with Gasteiger partial charge in [0.1, 0.15) is 11.4 Å². The van der Waals surface area contributed by atoms with Crippen molar-refractivity contribution in [3.8, 4) is 0 Å². The van der Waals surface area contributed by atoms with Crippen LogP contribution < -0.4 is 5.32 Å². The van der Waals surface area contributed by atoms with E-state index in [1.54, 1.807) is 30.5 Å². The Morgan fingerprint density at radius 3 is 2.58 bits per heavy atom. The number of benzene rings is 1. The highest BCUT2D eigenvalue weighted by Gasteiger charge is 2.48. The van der Waals surface area contributed by atoms with E-state index in [0.29, 0.717) is 49.8 Å². The van der Waals surface area contributed by atoms with Gasteiger partial charge in [-0.05, 0) is 37.8 Å². The normalized spacial score (nSPS) is 21.2. The summed E-state index contributed by atoms with van der Waals surface area (Å²) in [6, 6.07) is 6.90. The van der Waals surface area contributed by atoms with Crippen LogP contribution >= 0.6 is 0 Å². The molecule has 1 aromatic heterocycles. The van der Waals surface area contributed by atoms with E-state index < -0.39 is 21.7 Å². The Morgan fingerprint density at radius 1 is 1.26 bits per heavy atom. The highest BCUT2D eigenvalue weighted by Crippen LogP contribution is 2.41. The molecule has 2 aliphatic heterocycles. The van der Waals surface area contributed by atoms with Crippen molar-refractivity contribution in [2.24, 2.45) is 5.92 Å². The van der Waals surface area contributed by atoms with Crippen molar-refractivity contribution in [1.82, 2.24) is 19.2 Å². The summed E-state index contributed by atoms with van der Waals surface area (Å²) >= 11 is 0. The minimum absolute atomic E-state index is 0.137. The van der Waals surface area contributed by atoms with Crippen LogP contribution in [0.4, 0.5) is 0 Å². The van der Waals surface area contributed by atoms with Gasteiger partial charge < -0.3 is 14.6 Å². The number of amides is 1. The van der Waals surface area contributed by atoms with Gasteiger partial charge in [-0.25, -0.2) is 13.4 Å². The summed E-state index contributed by atoms with van der Waals surface area (Å²) in [5, 5.41) is 2.95. The second kappa shape index (κ2) is 8.37. The summed E-state index contributed by atoms with van der Waals surface area (Å²) in [5.41, 5.74) is 0.252. The first-order valence-electron chi connectivity index (χ1n) is 10.8. The number of nitrogens with one attached hydrogen (secondary N) is 1. The van der Waals surface area contributed by atoms with Crippen molar-refractivity contribution in [2.75, 3.05) is 19.6 Å². The minimum atomic E-state index is -3.57. The summed E-state index contributed by atoms with van der Waals surface area (Å²) < 4.78 is 36.0. The molecule has 1 amide bonds. The molecule has 1 saturated heterocycles. The van der Waals surface area contributed by atoms with Crippen LogP contribution in [0, 0.1) is 12.8 Å². The van der Waals surface area contributed by atoms with Crippen molar-refractivity contribution in [3.05, 3.63) is 48.0 Å². The SMILES string of the molecule is Cc1ccc(S(=O)(=O)N2CCC3(CC2)OC(C(=O)NCC(C)C)Cn2ccnc23)cc1. The number of fused-ring (bicyclic) bond motifs is 2. The summed E-state index contributed by atoms with van der Waals surface area (Å²) in [5.74, 6) is 0.982. The van der Waals surface area contributed by atoms with E-state index in [0.717, 1.165) is 11.4 Å². The number of hydrogen-bond donors (Lipinski definition) is 1. The minimum Gasteiger partial charge on any atom is -0.354 e. The van der Waals surface area contributed by atoms with Crippen LogP contribution in [0.25, 0.3) is 0 Å². The molecule has 1 fully saturated rings. The molecule has 3 heterocycles. The average Bonchev–Trinajstić information content (AvgIpc) is 3.22. The molecule has 0 saturated carbocycles. The number of piperidine rings is 1. The van der Waals surface area contributed by atoms with Crippen molar-refractivity contribution in [3.63, 3.8) is 0 Å². The maximum absolute atomic E-state index is 13.1. The number of aryl methyl sites for hydroxylation is 1. The second-order valence-corrected chi connectivity index (χ2v) is 10.8. The maximum Gasteiger partial charge on any atom is 0.251 e. The van der Waals surface area contributed by atoms with E-state index >= 15 is 0 Å². The van der Waals surface area contributed by atoms with E-state index in [2.05, 4.69) is 10.3 Å². The van der Waals surface area contributed by atoms with Crippen LogP contribution in [-0.2, 0) is 31.7 Å². The van der Waals surface area contributed by atoms with Gasteiger partial charge in [-0.3, -0.25) is 4.79 Å². The van der Waals surface area contributed by atoms with Crippen molar-refractivity contribution in [1.29, 1.82) is 0 Å². The molecule has 0 aliphatic carbocycles. The molecule has 1 N–H and O–H groups in total. The number of nitrogens with zero attached hydrogens (tertiary/aromatic N) is 3. The number of ether oxygens (including phenoxy) is 1. The standard InChI is InChI=1S/C22H30N4O4S/c1-16(2)14-24-20(27)19-15-25-13-10-23-21(25)22(30-19)8-11-26(12-9-22)31(28,29)18-6-4-17(3)5-7-18/h4-7,10,13,16,19H,8-9,11-12,14-15H2,1-3H3,(H,24,27). The number of carbonyl (C=O) groups is 1. The Balaban J connectivity index is 1.52. The van der Waals surface area contributed by atoms with Crippen molar-refractivity contribution >= 4 is 15.9 Å². The molecule has 0 radical (unpaired) electrons. The van der Waals surface area contributed by atoms with E-state index in [4.69, 9.17) is 4.74 Å². The predicted molar refractivity (Wildman–Crippen MR) is 116 cm³/mol. The molecule has 4 rings (SSSR count). The Hall–Kier alpha value is -2.23. The lowest BCUT2D eigenvalue weighted by molar-refractivity contribution is -0.170. The summed E-state index contributed by atoms with van der Waals surface area (Å²) in [7, 11) is -3.57. The molecule has 1 atom stereocenters. The molecular weight excluding hydrogens is 416 g/mol. The number of carbonyl (C=O) groups excluding carboxylic acids is 1. The smallest absolute Gasteiger partial charge is 0.251 e. The average molecular weight is 447 g/mol. The Bertz CT molecular complexity index is 1040. The van der Waals surface area contributed by atoms with Gasteiger partial charge in [-0.1, -0.05) is 31.5 Å². The van der Waals surface area contributed by atoms with Crippen LogP contribution in [0.5, 0.6) is 0 Å². The molecule has 8 nitrogen and oxygen atoms in total. The first kappa shape index (κ1) is 22.0. The lowest BCUT2D eigenvalue weighted by Crippen LogP contribution is -2.54. The predicted octanol–water partition coefficient (Wildman–Crippen LogP) is 2.04. The molecule has 31 heavy (non-hydrogen) atoms. The van der Waals surface area contributed by atoms with Gasteiger partial charge in [0.05, 0.1) is 11.4 Å². The highest BCUT2D eigenvalue weighted by atomic mass is 32.2. The number of aromatic nitrogens is 2. The van der Waals surface area contributed by atoms with E-state index in [9.17, 15) is 13.2 Å². The molecule has 2 aliphatic rings. The van der Waals surface area contributed by atoms with Gasteiger partial charge in [-0.2, -0.15) is 4.31 Å². The zero-order valence-electron chi connectivity index (χ0n) is 18.2. The third-order valence-electron chi connectivity index (χ3n) is 6.02. The fraction of sp³-hybridized carbons (Fsp3) is 0.545. The first-order chi connectivity index (χ1) is 14.7. The van der Waals surface area contributed by atoms with Gasteiger partial charge in [0, 0.05) is 32.0 Å². The largest absolute Gasteiger partial charge is 0.354 e. The monoisotopic (exact) mass is 446 g/mol. The maximum atomic E-state index is 13.1. The van der Waals surface area contributed by atoms with E-state index in [1.165, 1.54) is 4.31 Å². The summed E-state index contributed by atoms with van der Waals surface area (Å²) in [6.45, 7) is 7.63. The quantitative estimate of drug-likeness (QED) is 0.759. The van der Waals surface area contributed by atoms with Crippen LogP contribution in [-0.4, -0.2) is 53.9 Å². The van der Waals surface area contributed by atoms with Crippen molar-refractivity contribution in [2.45, 2.75) is 56.8 Å². The zero-order valence-corrected chi connectivity index (χ0v) is 19.1. The number of sulfonamides is 1. The molecule has 1 spiro atoms. The molecule has 0 bridgehead atoms. The molecular formula is C22H30N4O4S. The molecule has 9 heteroatoms. The lowest BCUT2D eigenvalue weighted by Gasteiger charge is -2.45. The second-order valence-electron chi connectivity index (χ2n) is 8.86. The Morgan fingerprint density at radius 2 is 1.94 bits per heavy atom. The summed E-state index contributed by atoms with van der Waals surface area (Å²) in [4.78, 5) is 17.5. The van der Waals surface area contributed by atoms with Gasteiger partial charge in [-0.15, -0.1) is 0 Å². The molecule has 1 unspecified atom stereocenters. The number of imidazole rings is 1. The Kier molecular flexibility index (Phi) is 5.93. The van der Waals surface area contributed by atoms with Gasteiger partial charge in [0.2, 0.25) is 10.0 Å². The topological polar surface area (TPSA) is 93.5 Å². The Labute approximate surface area is 183 Å². The third-order valence-corrected chi connectivity index (χ3v) is 7.93. The van der Waals surface area contributed by atoms with Crippen molar-refractivity contribution < 1.29 is 17.9 Å². The fourth-order valence-corrected chi connectivity index (χ4v) is 5.68. The van der Waals surface area contributed by atoms with Gasteiger partial charge in [0.15, 0.2) is 6.10 Å². The number of rotatable bonds is 5. The first-order valence-corrected chi connectivity index (χ1v) is 12.2. The van der Waals surface area contributed by atoms with Crippen LogP contribution in [0.3, 0.4) is 0 Å². The van der Waals surface area contributed by atoms with Gasteiger partial charge in [0.25, 0.3) is 5.91 Å². The third kappa shape index (κ3) is 4.26. The molecule has 1 aromatic carbocycles. The van der Waals surface area contributed by atoms with E-state index in [-0.39, 0.29) is 5.91 Å². The van der Waals surface area contributed by atoms with Crippen LogP contribution in [0.2, 0.25) is 0 Å². The van der Waals surface area contributed by atoms with E-state index in [1.807, 2.05) is 31.5 Å². The molecule has 168 valence electrons. The molecule has 2 aromatic rings.